The number of non-ortho nitro benzene ring substituents is 1. The number of nitro groups is 1. The molecular formula is C17H10F3N3O4S. The van der Waals surface area contributed by atoms with Gasteiger partial charge in [-0.1, -0.05) is 0 Å². The van der Waals surface area contributed by atoms with Gasteiger partial charge in [0.1, 0.15) is 11.6 Å². The molecule has 0 unspecified atom stereocenters. The van der Waals surface area contributed by atoms with Crippen LogP contribution in [0.4, 0.5) is 24.0 Å². The van der Waals surface area contributed by atoms with Gasteiger partial charge in [0, 0.05) is 23.1 Å². The zero-order valence-electron chi connectivity index (χ0n) is 13.8. The summed E-state index contributed by atoms with van der Waals surface area (Å²) in [6.45, 7) is -3.21. The molecule has 0 saturated carbocycles. The smallest absolute Gasteiger partial charge is 0.387 e. The van der Waals surface area contributed by atoms with E-state index in [1.165, 1.54) is 24.3 Å². The maximum Gasteiger partial charge on any atom is 0.387 e. The van der Waals surface area contributed by atoms with Gasteiger partial charge in [0.15, 0.2) is 5.13 Å². The summed E-state index contributed by atoms with van der Waals surface area (Å²) in [5, 5.41) is 15.0. The van der Waals surface area contributed by atoms with E-state index in [0.717, 1.165) is 29.5 Å². The van der Waals surface area contributed by atoms with Gasteiger partial charge in [-0.3, -0.25) is 20.2 Å². The van der Waals surface area contributed by atoms with E-state index < -0.39 is 40.3 Å². The highest BCUT2D eigenvalue weighted by molar-refractivity contribution is 7.14. The number of halogens is 3. The Kier molecular flexibility index (Phi) is 5.54. The third-order valence-corrected chi connectivity index (χ3v) is 4.26. The molecule has 7 nitrogen and oxygen atoms in total. The molecule has 144 valence electrons. The molecule has 1 N–H and O–H groups in total. The number of carbonyl (C=O) groups is 1. The number of rotatable bonds is 6. The standard InChI is InChI=1S/C17H10F3N3O4S/c18-10-3-1-9(2-4-10)13-8-28-17(21-13)22-15(24)12-7-11(23(25)26)5-6-14(12)27-16(19)20/h1-8,16H,(H,21,22,24). The van der Waals surface area contributed by atoms with E-state index in [-0.39, 0.29) is 5.13 Å². The lowest BCUT2D eigenvalue weighted by atomic mass is 10.1. The van der Waals surface area contributed by atoms with Gasteiger partial charge in [-0.05, 0) is 30.3 Å². The highest BCUT2D eigenvalue weighted by Gasteiger charge is 2.21. The van der Waals surface area contributed by atoms with E-state index in [0.29, 0.717) is 11.3 Å². The first-order valence-corrected chi connectivity index (χ1v) is 8.47. The summed E-state index contributed by atoms with van der Waals surface area (Å²) in [7, 11) is 0. The van der Waals surface area contributed by atoms with E-state index in [1.54, 1.807) is 5.38 Å². The van der Waals surface area contributed by atoms with Gasteiger partial charge < -0.3 is 4.74 Å². The number of nitro benzene ring substituents is 1. The van der Waals surface area contributed by atoms with Crippen LogP contribution in [0, 0.1) is 15.9 Å². The number of alkyl halides is 2. The molecule has 3 rings (SSSR count). The average Bonchev–Trinajstić information content (AvgIpc) is 3.10. The molecule has 2 aromatic carbocycles. The fourth-order valence-electron chi connectivity index (χ4n) is 2.26. The van der Waals surface area contributed by atoms with Crippen molar-refractivity contribution in [2.75, 3.05) is 5.32 Å². The van der Waals surface area contributed by atoms with Crippen molar-refractivity contribution >= 4 is 28.1 Å². The number of benzene rings is 2. The number of thiazole rings is 1. The SMILES string of the molecule is O=C(Nc1nc(-c2ccc(F)cc2)cs1)c1cc([N+](=O)[O-])ccc1OC(F)F. The summed E-state index contributed by atoms with van der Waals surface area (Å²) in [6.07, 6.45) is 0. The van der Waals surface area contributed by atoms with Crippen LogP contribution in [0.2, 0.25) is 0 Å². The molecule has 0 fully saturated rings. The lowest BCUT2D eigenvalue weighted by molar-refractivity contribution is -0.384. The Labute approximate surface area is 159 Å². The Hall–Kier alpha value is -3.47. The summed E-state index contributed by atoms with van der Waals surface area (Å²) in [5.41, 5.74) is 0.171. The minimum atomic E-state index is -3.21. The number of carbonyl (C=O) groups excluding carboxylic acids is 1. The first kappa shape index (κ1) is 19.3. The number of anilines is 1. The molecule has 28 heavy (non-hydrogen) atoms. The van der Waals surface area contributed by atoms with Crippen molar-refractivity contribution in [2.45, 2.75) is 6.61 Å². The van der Waals surface area contributed by atoms with Gasteiger partial charge in [-0.15, -0.1) is 11.3 Å². The third-order valence-electron chi connectivity index (χ3n) is 3.50. The minimum absolute atomic E-state index is 0.124. The Balaban J connectivity index is 1.85. The first-order valence-electron chi connectivity index (χ1n) is 7.59. The van der Waals surface area contributed by atoms with Crippen molar-refractivity contribution in [3.8, 4) is 17.0 Å². The van der Waals surface area contributed by atoms with E-state index in [9.17, 15) is 28.1 Å². The van der Waals surface area contributed by atoms with Crippen molar-refractivity contribution in [3.63, 3.8) is 0 Å². The molecular weight excluding hydrogens is 399 g/mol. The molecule has 3 aromatic rings. The van der Waals surface area contributed by atoms with Crippen molar-refractivity contribution in [1.29, 1.82) is 0 Å². The van der Waals surface area contributed by atoms with Crippen LogP contribution in [-0.4, -0.2) is 22.4 Å². The fourth-order valence-corrected chi connectivity index (χ4v) is 2.97. The number of amides is 1. The number of nitrogens with zero attached hydrogens (tertiary/aromatic N) is 2. The molecule has 0 atom stereocenters. The molecule has 0 saturated heterocycles. The van der Waals surface area contributed by atoms with E-state index in [4.69, 9.17) is 0 Å². The second kappa shape index (κ2) is 8.05. The second-order valence-corrected chi connectivity index (χ2v) is 6.17. The number of aromatic nitrogens is 1. The fraction of sp³-hybridized carbons (Fsp3) is 0.0588. The number of nitrogens with one attached hydrogen (secondary N) is 1. The second-order valence-electron chi connectivity index (χ2n) is 5.31. The van der Waals surface area contributed by atoms with E-state index >= 15 is 0 Å². The highest BCUT2D eigenvalue weighted by atomic mass is 32.1. The largest absolute Gasteiger partial charge is 0.434 e. The molecule has 0 aliphatic rings. The van der Waals surface area contributed by atoms with Crippen LogP contribution in [0.3, 0.4) is 0 Å². The van der Waals surface area contributed by atoms with Crippen molar-refractivity contribution in [3.05, 3.63) is 69.3 Å². The van der Waals surface area contributed by atoms with Gasteiger partial charge >= 0.3 is 6.61 Å². The number of ether oxygens (including phenoxy) is 1. The molecule has 0 aliphatic carbocycles. The molecule has 0 bridgehead atoms. The minimum Gasteiger partial charge on any atom is -0.434 e. The molecule has 11 heteroatoms. The van der Waals surface area contributed by atoms with Crippen molar-refractivity contribution < 1.29 is 27.6 Å². The topological polar surface area (TPSA) is 94.4 Å². The van der Waals surface area contributed by atoms with Gasteiger partial charge in [0.25, 0.3) is 11.6 Å². The molecule has 1 heterocycles. The molecule has 0 aliphatic heterocycles. The zero-order valence-corrected chi connectivity index (χ0v) is 14.6. The van der Waals surface area contributed by atoms with Crippen LogP contribution >= 0.6 is 11.3 Å². The van der Waals surface area contributed by atoms with Gasteiger partial charge in [-0.25, -0.2) is 9.37 Å². The number of hydrogen-bond acceptors (Lipinski definition) is 6. The van der Waals surface area contributed by atoms with Gasteiger partial charge in [0.05, 0.1) is 16.2 Å². The zero-order chi connectivity index (χ0) is 20.3. The van der Waals surface area contributed by atoms with Crippen LogP contribution in [0.25, 0.3) is 11.3 Å². The molecule has 0 radical (unpaired) electrons. The van der Waals surface area contributed by atoms with Crippen LogP contribution < -0.4 is 10.1 Å². The average molecular weight is 409 g/mol. The predicted molar refractivity (Wildman–Crippen MR) is 95.2 cm³/mol. The number of hydrogen-bond donors (Lipinski definition) is 1. The van der Waals surface area contributed by atoms with Crippen molar-refractivity contribution in [1.82, 2.24) is 4.98 Å². The highest BCUT2D eigenvalue weighted by Crippen LogP contribution is 2.29. The summed E-state index contributed by atoms with van der Waals surface area (Å²) in [4.78, 5) is 26.7. The van der Waals surface area contributed by atoms with Gasteiger partial charge in [0.2, 0.25) is 0 Å². The Morgan fingerprint density at radius 1 is 1.21 bits per heavy atom. The summed E-state index contributed by atoms with van der Waals surface area (Å²) >= 11 is 1.04. The van der Waals surface area contributed by atoms with E-state index in [2.05, 4.69) is 15.0 Å². The third kappa shape index (κ3) is 4.43. The van der Waals surface area contributed by atoms with Crippen LogP contribution in [0.5, 0.6) is 5.75 Å². The van der Waals surface area contributed by atoms with Crippen LogP contribution in [0.15, 0.2) is 47.8 Å². The maximum absolute atomic E-state index is 13.0. The Morgan fingerprint density at radius 2 is 1.93 bits per heavy atom. The normalized spacial score (nSPS) is 10.7. The first-order chi connectivity index (χ1) is 13.3. The maximum atomic E-state index is 13.0. The van der Waals surface area contributed by atoms with Crippen LogP contribution in [-0.2, 0) is 0 Å². The Bertz CT molecular complexity index is 1020. The molecule has 1 amide bonds. The quantitative estimate of drug-likeness (QED) is 0.470. The predicted octanol–water partition coefficient (Wildman–Crippen LogP) is 4.71. The summed E-state index contributed by atoms with van der Waals surface area (Å²) < 4.78 is 42.3. The van der Waals surface area contributed by atoms with Crippen LogP contribution in [0.1, 0.15) is 10.4 Å². The lowest BCUT2D eigenvalue weighted by Gasteiger charge is -2.10. The Morgan fingerprint density at radius 3 is 2.57 bits per heavy atom. The summed E-state index contributed by atoms with van der Waals surface area (Å²) in [5.74, 6) is -1.82. The van der Waals surface area contributed by atoms with Gasteiger partial charge in [-0.2, -0.15) is 8.78 Å². The van der Waals surface area contributed by atoms with Crippen molar-refractivity contribution in [2.24, 2.45) is 0 Å². The van der Waals surface area contributed by atoms with E-state index in [1.807, 2.05) is 0 Å². The molecule has 0 spiro atoms. The lowest BCUT2D eigenvalue weighted by Crippen LogP contribution is -2.15. The monoisotopic (exact) mass is 409 g/mol. The summed E-state index contributed by atoms with van der Waals surface area (Å²) in [6, 6.07) is 8.22. The molecule has 1 aromatic heterocycles.